The van der Waals surface area contributed by atoms with Crippen molar-refractivity contribution in [3.05, 3.63) is 37.9 Å². The van der Waals surface area contributed by atoms with Crippen LogP contribution in [0.5, 0.6) is 0 Å². The van der Waals surface area contributed by atoms with E-state index in [-0.39, 0.29) is 4.87 Å². The minimum atomic E-state index is -0.0307. The molecule has 16 heavy (non-hydrogen) atoms. The zero-order valence-electron chi connectivity index (χ0n) is 8.66. The number of nitrogens with one attached hydrogen (secondary N) is 2. The third-order valence-electron chi connectivity index (χ3n) is 2.20. The van der Waals surface area contributed by atoms with Gasteiger partial charge in [-0.05, 0) is 0 Å². The van der Waals surface area contributed by atoms with Gasteiger partial charge in [-0.1, -0.05) is 22.9 Å². The Morgan fingerprint density at radius 1 is 1.62 bits per heavy atom. The molecule has 0 saturated carbocycles. The zero-order chi connectivity index (χ0) is 11.5. The summed E-state index contributed by atoms with van der Waals surface area (Å²) in [5.41, 5.74) is 0.885. The van der Waals surface area contributed by atoms with E-state index in [2.05, 4.69) is 15.3 Å². The van der Waals surface area contributed by atoms with Crippen LogP contribution in [-0.2, 0) is 20.1 Å². The summed E-state index contributed by atoms with van der Waals surface area (Å²) in [5, 5.41) is 5.60. The standard InChI is InChI=1S/C9H11ClN4OS/c1-14-7(10)3-12-8(14)4-11-2-6-5-16-9(15)13-6/h3,5,11H,2,4H2,1H3,(H,13,15). The lowest BCUT2D eigenvalue weighted by Crippen LogP contribution is -2.16. The Morgan fingerprint density at radius 2 is 2.44 bits per heavy atom. The molecule has 5 nitrogen and oxygen atoms in total. The molecule has 0 saturated heterocycles. The molecule has 0 bridgehead atoms. The van der Waals surface area contributed by atoms with Crippen molar-refractivity contribution in [2.24, 2.45) is 7.05 Å². The smallest absolute Gasteiger partial charge is 0.304 e. The molecular formula is C9H11ClN4OS. The molecule has 0 fully saturated rings. The predicted octanol–water partition coefficient (Wildman–Crippen LogP) is 1.11. The number of thiazole rings is 1. The van der Waals surface area contributed by atoms with Crippen LogP contribution < -0.4 is 10.2 Å². The van der Waals surface area contributed by atoms with Crippen LogP contribution in [0.4, 0.5) is 0 Å². The number of imidazole rings is 1. The lowest BCUT2D eigenvalue weighted by molar-refractivity contribution is 0.632. The second-order valence-electron chi connectivity index (χ2n) is 3.33. The summed E-state index contributed by atoms with van der Waals surface area (Å²) >= 11 is 7.02. The van der Waals surface area contributed by atoms with Crippen molar-refractivity contribution in [1.29, 1.82) is 0 Å². The highest BCUT2D eigenvalue weighted by atomic mass is 35.5. The second kappa shape index (κ2) is 4.82. The summed E-state index contributed by atoms with van der Waals surface area (Å²) in [7, 11) is 1.86. The Balaban J connectivity index is 1.89. The van der Waals surface area contributed by atoms with E-state index in [4.69, 9.17) is 11.6 Å². The van der Waals surface area contributed by atoms with Gasteiger partial charge in [-0.2, -0.15) is 0 Å². The fourth-order valence-corrected chi connectivity index (χ4v) is 2.03. The molecule has 2 aromatic rings. The van der Waals surface area contributed by atoms with E-state index in [0.717, 1.165) is 22.9 Å². The van der Waals surface area contributed by atoms with E-state index in [9.17, 15) is 4.79 Å². The molecule has 0 aliphatic rings. The summed E-state index contributed by atoms with van der Waals surface area (Å²) in [5.74, 6) is 0.863. The maximum atomic E-state index is 10.9. The van der Waals surface area contributed by atoms with Crippen LogP contribution in [0.15, 0.2) is 16.4 Å². The number of H-pyrrole nitrogens is 1. The van der Waals surface area contributed by atoms with Gasteiger partial charge in [-0.25, -0.2) is 4.98 Å². The van der Waals surface area contributed by atoms with E-state index < -0.39 is 0 Å². The van der Waals surface area contributed by atoms with Gasteiger partial charge in [-0.15, -0.1) is 0 Å². The first kappa shape index (κ1) is 11.4. The Bertz CT molecular complexity index is 530. The number of rotatable bonds is 4. The summed E-state index contributed by atoms with van der Waals surface area (Å²) in [6.07, 6.45) is 1.62. The van der Waals surface area contributed by atoms with Gasteiger partial charge in [0.05, 0.1) is 12.7 Å². The quantitative estimate of drug-likeness (QED) is 0.864. The molecular weight excluding hydrogens is 248 g/mol. The molecule has 0 radical (unpaired) electrons. The monoisotopic (exact) mass is 258 g/mol. The first-order valence-corrected chi connectivity index (χ1v) is 5.96. The van der Waals surface area contributed by atoms with Gasteiger partial charge in [-0.3, -0.25) is 4.79 Å². The van der Waals surface area contributed by atoms with Crippen LogP contribution in [0, 0.1) is 0 Å². The number of halogens is 1. The fraction of sp³-hybridized carbons (Fsp3) is 0.333. The van der Waals surface area contributed by atoms with Crippen LogP contribution >= 0.6 is 22.9 Å². The summed E-state index contributed by atoms with van der Waals surface area (Å²) in [6.45, 7) is 1.23. The molecule has 0 atom stereocenters. The van der Waals surface area contributed by atoms with Crippen molar-refractivity contribution >= 4 is 22.9 Å². The van der Waals surface area contributed by atoms with Gasteiger partial charge in [0.25, 0.3) is 0 Å². The molecule has 86 valence electrons. The van der Waals surface area contributed by atoms with Crippen LogP contribution in [0.25, 0.3) is 0 Å². The SMILES string of the molecule is Cn1c(Cl)cnc1CNCc1csc(=O)[nH]1. The van der Waals surface area contributed by atoms with Crippen molar-refractivity contribution in [2.75, 3.05) is 0 Å². The van der Waals surface area contributed by atoms with E-state index >= 15 is 0 Å². The molecule has 0 spiro atoms. The number of aromatic amines is 1. The summed E-state index contributed by atoms with van der Waals surface area (Å²) in [4.78, 5) is 17.7. The topological polar surface area (TPSA) is 62.7 Å². The third-order valence-corrected chi connectivity index (χ3v) is 3.27. The maximum Gasteiger partial charge on any atom is 0.304 e. The van der Waals surface area contributed by atoms with E-state index in [0.29, 0.717) is 18.2 Å². The zero-order valence-corrected chi connectivity index (χ0v) is 10.2. The van der Waals surface area contributed by atoms with Crippen molar-refractivity contribution < 1.29 is 0 Å². The molecule has 2 heterocycles. The Hall–Kier alpha value is -1.11. The normalized spacial score (nSPS) is 10.9. The van der Waals surface area contributed by atoms with E-state index in [1.807, 2.05) is 11.6 Å². The number of hydrogen-bond donors (Lipinski definition) is 2. The van der Waals surface area contributed by atoms with Gasteiger partial charge in [0.15, 0.2) is 0 Å². The van der Waals surface area contributed by atoms with Crippen molar-refractivity contribution in [2.45, 2.75) is 13.1 Å². The number of hydrogen-bond acceptors (Lipinski definition) is 4. The number of aromatic nitrogens is 3. The average molecular weight is 259 g/mol. The molecule has 2 N–H and O–H groups in total. The summed E-state index contributed by atoms with van der Waals surface area (Å²) in [6, 6.07) is 0. The van der Waals surface area contributed by atoms with Crippen molar-refractivity contribution in [1.82, 2.24) is 19.9 Å². The first-order valence-electron chi connectivity index (χ1n) is 4.70. The minimum absolute atomic E-state index is 0.0307. The Kier molecular flexibility index (Phi) is 3.42. The minimum Gasteiger partial charge on any atom is -0.321 e. The van der Waals surface area contributed by atoms with Gasteiger partial charge < -0.3 is 14.9 Å². The fourth-order valence-electron chi connectivity index (χ4n) is 1.30. The second-order valence-corrected chi connectivity index (χ2v) is 4.56. The molecule has 2 aromatic heterocycles. The van der Waals surface area contributed by atoms with Crippen LogP contribution in [0.1, 0.15) is 11.5 Å². The maximum absolute atomic E-state index is 10.9. The highest BCUT2D eigenvalue weighted by Crippen LogP contribution is 2.08. The van der Waals surface area contributed by atoms with Crippen LogP contribution in [0.3, 0.4) is 0 Å². The highest BCUT2D eigenvalue weighted by Gasteiger charge is 2.03. The first-order chi connectivity index (χ1) is 7.66. The van der Waals surface area contributed by atoms with Crippen LogP contribution in [0.2, 0.25) is 5.15 Å². The van der Waals surface area contributed by atoms with Gasteiger partial charge in [0.1, 0.15) is 11.0 Å². The third kappa shape index (κ3) is 2.52. The molecule has 0 amide bonds. The van der Waals surface area contributed by atoms with Gasteiger partial charge in [0, 0.05) is 24.7 Å². The lowest BCUT2D eigenvalue weighted by atomic mass is 10.4. The molecule has 0 aliphatic carbocycles. The lowest BCUT2D eigenvalue weighted by Gasteiger charge is -2.03. The Labute approximate surface area is 101 Å². The predicted molar refractivity (Wildman–Crippen MR) is 63.7 cm³/mol. The average Bonchev–Trinajstić information content (AvgIpc) is 2.79. The largest absolute Gasteiger partial charge is 0.321 e. The highest BCUT2D eigenvalue weighted by molar-refractivity contribution is 7.07. The summed E-state index contributed by atoms with van der Waals surface area (Å²) < 4.78 is 1.81. The number of nitrogens with zero attached hydrogens (tertiary/aromatic N) is 2. The molecule has 7 heteroatoms. The van der Waals surface area contributed by atoms with Crippen molar-refractivity contribution in [3.63, 3.8) is 0 Å². The molecule has 2 rings (SSSR count). The molecule has 0 aromatic carbocycles. The van der Waals surface area contributed by atoms with Crippen LogP contribution in [-0.4, -0.2) is 14.5 Å². The molecule has 0 aliphatic heterocycles. The van der Waals surface area contributed by atoms with E-state index in [1.165, 1.54) is 0 Å². The Morgan fingerprint density at radius 3 is 3.00 bits per heavy atom. The van der Waals surface area contributed by atoms with Crippen molar-refractivity contribution in [3.8, 4) is 0 Å². The van der Waals surface area contributed by atoms with Gasteiger partial charge >= 0.3 is 4.87 Å². The van der Waals surface area contributed by atoms with E-state index in [1.54, 1.807) is 11.6 Å². The van der Waals surface area contributed by atoms with Gasteiger partial charge in [0.2, 0.25) is 0 Å². The molecule has 0 unspecified atom stereocenters.